The van der Waals surface area contributed by atoms with Crippen molar-refractivity contribution in [1.82, 2.24) is 9.88 Å². The number of anilines is 1. The number of aliphatic hydroxyl groups excluding tert-OH is 2. The van der Waals surface area contributed by atoms with Crippen LogP contribution in [0.15, 0.2) is 47.5 Å². The van der Waals surface area contributed by atoms with Crippen molar-refractivity contribution in [1.29, 1.82) is 0 Å². The number of fused-ring (bicyclic) bond motifs is 3. The Labute approximate surface area is 243 Å². The number of hydrogen-bond donors (Lipinski definition) is 5. The number of amides is 1. The summed E-state index contributed by atoms with van der Waals surface area (Å²) < 4.78 is 0. The molecule has 11 nitrogen and oxygen atoms in total. The Bertz CT molecular complexity index is 1590. The summed E-state index contributed by atoms with van der Waals surface area (Å²) in [4.78, 5) is 46.0. The zero-order valence-electron chi connectivity index (χ0n) is 24.0. The summed E-state index contributed by atoms with van der Waals surface area (Å²) in [7, 11) is 6.64. The molecule has 1 aromatic carbocycles. The average Bonchev–Trinajstić information content (AvgIpc) is 2.91. The molecule has 5 rings (SSSR count). The van der Waals surface area contributed by atoms with Crippen LogP contribution in [0.25, 0.3) is 5.76 Å². The van der Waals surface area contributed by atoms with Crippen LogP contribution in [-0.4, -0.2) is 87.6 Å². The number of aromatic nitrogens is 1. The minimum atomic E-state index is -2.67. The number of carbonyl (C=O) groups is 3. The van der Waals surface area contributed by atoms with Crippen molar-refractivity contribution < 1.29 is 34.8 Å². The molecule has 1 heterocycles. The molecule has 1 saturated carbocycles. The zero-order chi connectivity index (χ0) is 31.3. The topological polar surface area (TPSA) is 178 Å². The summed E-state index contributed by atoms with van der Waals surface area (Å²) >= 11 is 0. The number of nitrogens with zero attached hydrogens (tertiary/aromatic N) is 3. The number of phenols is 1. The summed E-state index contributed by atoms with van der Waals surface area (Å²) in [6.07, 6.45) is 9.35. The highest BCUT2D eigenvalue weighted by Gasteiger charge is 2.64. The molecule has 1 fully saturated rings. The van der Waals surface area contributed by atoms with E-state index in [2.05, 4.69) is 10.9 Å². The molecule has 0 aliphatic heterocycles. The fourth-order valence-corrected chi connectivity index (χ4v) is 6.25. The van der Waals surface area contributed by atoms with E-state index in [-0.39, 0.29) is 35.3 Å². The van der Waals surface area contributed by atoms with E-state index < -0.39 is 58.0 Å². The maximum atomic E-state index is 13.8. The Morgan fingerprint density at radius 1 is 1.19 bits per heavy atom. The van der Waals surface area contributed by atoms with E-state index in [1.807, 2.05) is 25.3 Å². The molecule has 0 saturated heterocycles. The minimum Gasteiger partial charge on any atom is -0.508 e. The lowest BCUT2D eigenvalue weighted by Gasteiger charge is -2.50. The number of ketones is 2. The molecule has 42 heavy (non-hydrogen) atoms. The standard InChI is InChI=1S/C25H27N3O7.C6H7N/c1-6-10-9-14(27(2)3)12-7-11-8-13-18(28(4)5)21(31)17(24(26)34)23(33)25(13,35)22(32)15(11)20(30)16(12)19(10)29;1-6-3-2-4-7-5-6/h1,9,11,13,18,29-30,33,35H,7-8H2,2-5H3,(H2,26,34);2-5H,1H3/t11-,13-,18-,25-;/m0./s1. The van der Waals surface area contributed by atoms with Crippen molar-refractivity contribution in [2.75, 3.05) is 33.1 Å². The molecule has 220 valence electrons. The molecule has 11 heteroatoms. The minimum absolute atomic E-state index is 0.0241. The van der Waals surface area contributed by atoms with Crippen molar-refractivity contribution in [3.05, 3.63) is 69.8 Å². The number of rotatable bonds is 3. The van der Waals surface area contributed by atoms with Gasteiger partial charge in [0.05, 0.1) is 17.2 Å². The summed E-state index contributed by atoms with van der Waals surface area (Å²) in [5, 5.41) is 44.5. The van der Waals surface area contributed by atoms with Crippen molar-refractivity contribution in [2.45, 2.75) is 31.4 Å². The van der Waals surface area contributed by atoms with Crippen LogP contribution in [0.2, 0.25) is 0 Å². The third-order valence-corrected chi connectivity index (χ3v) is 8.14. The number of hydrogen-bond acceptors (Lipinski definition) is 10. The summed E-state index contributed by atoms with van der Waals surface area (Å²) in [5.41, 5.74) is 4.05. The van der Waals surface area contributed by atoms with E-state index in [0.717, 1.165) is 0 Å². The lowest BCUT2D eigenvalue weighted by molar-refractivity contribution is -0.153. The molecule has 0 spiro atoms. The molecule has 3 aliphatic rings. The van der Waals surface area contributed by atoms with Crippen LogP contribution in [0.4, 0.5) is 5.69 Å². The van der Waals surface area contributed by atoms with Gasteiger partial charge in [-0.3, -0.25) is 24.3 Å². The van der Waals surface area contributed by atoms with Crippen LogP contribution in [-0.2, 0) is 20.8 Å². The maximum absolute atomic E-state index is 13.8. The molecular weight excluding hydrogens is 540 g/mol. The number of terminal acetylenes is 1. The molecule has 0 radical (unpaired) electrons. The monoisotopic (exact) mass is 574 g/mol. The van der Waals surface area contributed by atoms with Gasteiger partial charge in [0.2, 0.25) is 5.78 Å². The Morgan fingerprint density at radius 3 is 2.33 bits per heavy atom. The number of aryl methyl sites for hydroxylation is 1. The summed E-state index contributed by atoms with van der Waals surface area (Å²) in [6, 6.07) is 4.42. The highest BCUT2D eigenvalue weighted by molar-refractivity contribution is 6.24. The molecule has 3 aliphatic carbocycles. The summed E-state index contributed by atoms with van der Waals surface area (Å²) in [6.45, 7) is 2.02. The molecule has 0 unspecified atom stereocenters. The number of nitrogens with two attached hydrogens (primary N) is 1. The average molecular weight is 575 g/mol. The van der Waals surface area contributed by atoms with E-state index in [1.54, 1.807) is 45.4 Å². The molecule has 0 bridgehead atoms. The van der Waals surface area contributed by atoms with Crippen molar-refractivity contribution in [3.8, 4) is 18.1 Å². The summed E-state index contributed by atoms with van der Waals surface area (Å²) in [5.74, 6) is -4.62. The highest BCUT2D eigenvalue weighted by atomic mass is 16.3. The first-order valence-electron chi connectivity index (χ1n) is 13.2. The first-order valence-corrected chi connectivity index (χ1v) is 13.2. The van der Waals surface area contributed by atoms with E-state index in [4.69, 9.17) is 12.2 Å². The predicted molar refractivity (Wildman–Crippen MR) is 155 cm³/mol. The number of Topliss-reactive ketones (excluding diaryl/α,β-unsaturated/α-hetero) is 2. The fraction of sp³-hybridized carbons (Fsp3) is 0.355. The molecule has 2 aromatic rings. The van der Waals surface area contributed by atoms with Gasteiger partial charge in [-0.25, -0.2) is 0 Å². The van der Waals surface area contributed by atoms with Crippen LogP contribution < -0.4 is 10.6 Å². The Balaban J connectivity index is 0.000000507. The lowest BCUT2D eigenvalue weighted by atomic mass is 9.57. The Morgan fingerprint density at radius 2 is 1.86 bits per heavy atom. The van der Waals surface area contributed by atoms with Gasteiger partial charge in [0.1, 0.15) is 22.8 Å². The molecule has 6 N–H and O–H groups in total. The first kappa shape index (κ1) is 30.3. The highest BCUT2D eigenvalue weighted by Crippen LogP contribution is 2.54. The van der Waals surface area contributed by atoms with E-state index in [1.165, 1.54) is 10.5 Å². The van der Waals surface area contributed by atoms with Gasteiger partial charge in [0.15, 0.2) is 11.4 Å². The van der Waals surface area contributed by atoms with Gasteiger partial charge in [-0.05, 0) is 63.0 Å². The Kier molecular flexibility index (Phi) is 7.91. The first-order chi connectivity index (χ1) is 19.7. The van der Waals surface area contributed by atoms with Gasteiger partial charge >= 0.3 is 0 Å². The lowest BCUT2D eigenvalue weighted by Crippen LogP contribution is -2.65. The number of aliphatic hydroxyl groups is 3. The van der Waals surface area contributed by atoms with Crippen molar-refractivity contribution in [2.24, 2.45) is 17.6 Å². The van der Waals surface area contributed by atoms with Crippen molar-refractivity contribution >= 4 is 28.9 Å². The number of benzene rings is 1. The molecule has 1 amide bonds. The van der Waals surface area contributed by atoms with Crippen LogP contribution in [0.5, 0.6) is 5.75 Å². The van der Waals surface area contributed by atoms with Gasteiger partial charge in [-0.15, -0.1) is 6.42 Å². The van der Waals surface area contributed by atoms with E-state index in [9.17, 15) is 34.8 Å². The van der Waals surface area contributed by atoms with Crippen LogP contribution in [0, 0.1) is 31.1 Å². The normalized spacial score (nSPS) is 24.7. The van der Waals surface area contributed by atoms with Crippen LogP contribution in [0.1, 0.15) is 28.7 Å². The second kappa shape index (κ2) is 11.0. The predicted octanol–water partition coefficient (Wildman–Crippen LogP) is 1.40. The van der Waals surface area contributed by atoms with Gasteiger partial charge in [-0.2, -0.15) is 0 Å². The number of carbonyl (C=O) groups excluding carboxylic acids is 3. The van der Waals surface area contributed by atoms with E-state index >= 15 is 0 Å². The third-order valence-electron chi connectivity index (χ3n) is 8.14. The largest absolute Gasteiger partial charge is 0.508 e. The van der Waals surface area contributed by atoms with Gasteiger partial charge in [0, 0.05) is 43.7 Å². The number of phenolic OH excluding ortho intramolecular Hbond substituents is 1. The number of aromatic hydroxyl groups is 1. The quantitative estimate of drug-likeness (QED) is 0.266. The number of primary amides is 1. The molecule has 1 aromatic heterocycles. The van der Waals surface area contributed by atoms with Gasteiger partial charge in [0.25, 0.3) is 5.91 Å². The second-order valence-corrected chi connectivity index (χ2v) is 11.2. The van der Waals surface area contributed by atoms with Crippen LogP contribution in [0.3, 0.4) is 0 Å². The van der Waals surface area contributed by atoms with Gasteiger partial charge in [-0.1, -0.05) is 12.0 Å². The fourth-order valence-electron chi connectivity index (χ4n) is 6.25. The number of pyridine rings is 1. The van der Waals surface area contributed by atoms with Gasteiger partial charge < -0.3 is 31.1 Å². The second-order valence-electron chi connectivity index (χ2n) is 11.2. The smallest absolute Gasteiger partial charge is 0.255 e. The third kappa shape index (κ3) is 4.58. The molecular formula is C31H34N4O7. The Hall–Kier alpha value is -4.66. The van der Waals surface area contributed by atoms with Crippen molar-refractivity contribution in [3.63, 3.8) is 0 Å². The molecule has 4 atom stereocenters. The number of likely N-dealkylation sites (N-methyl/N-ethyl adjacent to an activating group) is 1. The SMILES string of the molecule is C#Cc1cc(N(C)C)c2c(c1O)C(O)=C1C(=O)[C@]3(O)C(O)=C(C(N)=O)C(=O)[C@@H](N(C)C)[C@@H]3C[C@@H]1C2.Cc1cccnc1. The van der Waals surface area contributed by atoms with Crippen LogP contribution >= 0.6 is 0 Å². The maximum Gasteiger partial charge on any atom is 0.255 e. The van der Waals surface area contributed by atoms with E-state index in [0.29, 0.717) is 11.3 Å². The zero-order valence-corrected chi connectivity index (χ0v) is 24.0.